The molecule has 0 unspecified atom stereocenters. The fourth-order valence-corrected chi connectivity index (χ4v) is 2.13. The molecular weight excluding hydrogens is 250 g/mol. The van der Waals surface area contributed by atoms with Crippen LogP contribution >= 0.6 is 0 Å². The van der Waals surface area contributed by atoms with Crippen molar-refractivity contribution in [3.63, 3.8) is 0 Å². The van der Waals surface area contributed by atoms with Crippen LogP contribution in [0.15, 0.2) is 18.3 Å². The Labute approximate surface area is 110 Å². The van der Waals surface area contributed by atoms with Crippen LogP contribution in [0.3, 0.4) is 0 Å². The number of carbonyl (C=O) groups excluding carboxylic acids is 1. The smallest absolute Gasteiger partial charge is 0.274 e. The highest BCUT2D eigenvalue weighted by Crippen LogP contribution is 2.16. The molecule has 1 aliphatic heterocycles. The summed E-state index contributed by atoms with van der Waals surface area (Å²) in [6.45, 7) is 2.45. The zero-order valence-corrected chi connectivity index (χ0v) is 10.6. The monoisotopic (exact) mass is 267 g/mol. The van der Waals surface area contributed by atoms with Crippen LogP contribution in [0.4, 0.5) is 0 Å². The Morgan fingerprint density at radius 2 is 2.32 bits per heavy atom. The fraction of sp³-hybridized carbons (Fsp3) is 0.583. The molecule has 19 heavy (non-hydrogen) atoms. The second kappa shape index (κ2) is 6.05. The second-order valence-electron chi connectivity index (χ2n) is 4.36. The number of carbonyl (C=O) groups is 1. The van der Waals surface area contributed by atoms with E-state index in [1.165, 1.54) is 11.1 Å². The molecule has 0 spiro atoms. The number of aromatic nitrogens is 2. The van der Waals surface area contributed by atoms with E-state index in [1.54, 1.807) is 19.1 Å². The van der Waals surface area contributed by atoms with Gasteiger partial charge in [0, 0.05) is 12.7 Å². The van der Waals surface area contributed by atoms with Crippen molar-refractivity contribution in [1.29, 1.82) is 0 Å². The molecule has 1 aliphatic rings. The topological polar surface area (TPSA) is 95.8 Å². The van der Waals surface area contributed by atoms with Crippen molar-refractivity contribution in [2.75, 3.05) is 19.8 Å². The minimum absolute atomic E-state index is 0.0779. The van der Waals surface area contributed by atoms with Gasteiger partial charge < -0.3 is 19.8 Å². The molecule has 7 heteroatoms. The van der Waals surface area contributed by atoms with Crippen molar-refractivity contribution in [2.24, 2.45) is 0 Å². The van der Waals surface area contributed by atoms with Crippen LogP contribution in [0.2, 0.25) is 0 Å². The molecule has 0 saturated carbocycles. The van der Waals surface area contributed by atoms with Gasteiger partial charge in [0.15, 0.2) is 5.69 Å². The molecule has 0 aromatic carbocycles. The van der Waals surface area contributed by atoms with Gasteiger partial charge in [-0.3, -0.25) is 4.79 Å². The fourth-order valence-electron chi connectivity index (χ4n) is 2.13. The van der Waals surface area contributed by atoms with Crippen molar-refractivity contribution >= 4 is 5.91 Å². The normalized spacial score (nSPS) is 27.0. The summed E-state index contributed by atoms with van der Waals surface area (Å²) in [6, 6.07) is 2.60. The van der Waals surface area contributed by atoms with Gasteiger partial charge in [0.2, 0.25) is 0 Å². The summed E-state index contributed by atoms with van der Waals surface area (Å²) in [6.07, 6.45) is -0.521. The van der Waals surface area contributed by atoms with Gasteiger partial charge in [-0.2, -0.15) is 5.10 Å². The molecule has 0 bridgehead atoms. The van der Waals surface area contributed by atoms with Crippen molar-refractivity contribution in [3.05, 3.63) is 24.0 Å². The van der Waals surface area contributed by atoms with E-state index in [9.17, 15) is 15.0 Å². The number of rotatable bonds is 3. The van der Waals surface area contributed by atoms with Crippen LogP contribution in [-0.4, -0.2) is 69.2 Å². The highest BCUT2D eigenvalue weighted by atomic mass is 16.5. The SMILES string of the molecule is CCN(C(=O)c1cccnn1)[C@@H]1COC[C@@H](O)[C@H]1O. The number of ether oxygens (including phenoxy) is 1. The number of aliphatic hydroxyl groups is 2. The van der Waals surface area contributed by atoms with E-state index in [4.69, 9.17) is 4.74 Å². The standard InChI is InChI=1S/C12H17N3O4/c1-2-15(9-6-19-7-10(16)11(9)17)12(18)8-4-3-5-13-14-8/h3-5,9-11,16-17H,2,6-7H2,1H3/t9-,10-,11+/m1/s1. The predicted molar refractivity (Wildman–Crippen MR) is 65.4 cm³/mol. The third-order valence-electron chi connectivity index (χ3n) is 3.16. The Morgan fingerprint density at radius 3 is 2.95 bits per heavy atom. The van der Waals surface area contributed by atoms with E-state index in [2.05, 4.69) is 10.2 Å². The zero-order chi connectivity index (χ0) is 13.8. The maximum absolute atomic E-state index is 12.3. The number of hydrogen-bond acceptors (Lipinski definition) is 6. The van der Waals surface area contributed by atoms with Crippen LogP contribution in [0.25, 0.3) is 0 Å². The molecule has 3 atom stereocenters. The molecular formula is C12H17N3O4. The lowest BCUT2D eigenvalue weighted by Gasteiger charge is -2.38. The summed E-state index contributed by atoms with van der Waals surface area (Å²) < 4.78 is 5.19. The van der Waals surface area contributed by atoms with E-state index in [0.717, 1.165) is 0 Å². The van der Waals surface area contributed by atoms with Crippen LogP contribution in [-0.2, 0) is 4.74 Å². The number of hydrogen-bond donors (Lipinski definition) is 2. The minimum atomic E-state index is -1.02. The van der Waals surface area contributed by atoms with Gasteiger partial charge in [-0.25, -0.2) is 0 Å². The van der Waals surface area contributed by atoms with E-state index in [0.29, 0.717) is 6.54 Å². The number of likely N-dealkylation sites (N-methyl/N-ethyl adjacent to an activating group) is 1. The molecule has 1 aromatic heterocycles. The third kappa shape index (κ3) is 2.89. The second-order valence-corrected chi connectivity index (χ2v) is 4.36. The van der Waals surface area contributed by atoms with Crippen LogP contribution in [0.1, 0.15) is 17.4 Å². The first kappa shape index (κ1) is 13.9. The summed E-state index contributed by atoms with van der Waals surface area (Å²) in [5.41, 5.74) is 0.205. The molecule has 7 nitrogen and oxygen atoms in total. The van der Waals surface area contributed by atoms with E-state index in [-0.39, 0.29) is 24.8 Å². The number of nitrogens with zero attached hydrogens (tertiary/aromatic N) is 3. The minimum Gasteiger partial charge on any atom is -0.388 e. The lowest BCUT2D eigenvalue weighted by Crippen LogP contribution is -2.57. The van der Waals surface area contributed by atoms with Gasteiger partial charge in [0.25, 0.3) is 5.91 Å². The van der Waals surface area contributed by atoms with Crippen LogP contribution < -0.4 is 0 Å². The van der Waals surface area contributed by atoms with Crippen molar-refractivity contribution in [2.45, 2.75) is 25.2 Å². The van der Waals surface area contributed by atoms with Crippen molar-refractivity contribution in [3.8, 4) is 0 Å². The van der Waals surface area contributed by atoms with Gasteiger partial charge in [-0.05, 0) is 19.1 Å². The highest BCUT2D eigenvalue weighted by Gasteiger charge is 2.37. The quantitative estimate of drug-likeness (QED) is 0.734. The first-order valence-corrected chi connectivity index (χ1v) is 6.17. The Hall–Kier alpha value is -1.57. The summed E-state index contributed by atoms with van der Waals surface area (Å²) >= 11 is 0. The van der Waals surface area contributed by atoms with Gasteiger partial charge in [-0.15, -0.1) is 5.10 Å². The largest absolute Gasteiger partial charge is 0.388 e. The molecule has 1 amide bonds. The molecule has 104 valence electrons. The maximum atomic E-state index is 12.3. The van der Waals surface area contributed by atoms with Gasteiger partial charge >= 0.3 is 0 Å². The van der Waals surface area contributed by atoms with Gasteiger partial charge in [-0.1, -0.05) is 0 Å². The summed E-state index contributed by atoms with van der Waals surface area (Å²) in [4.78, 5) is 13.7. The lowest BCUT2D eigenvalue weighted by atomic mass is 10.0. The van der Waals surface area contributed by atoms with E-state index < -0.39 is 18.2 Å². The Morgan fingerprint density at radius 1 is 1.53 bits per heavy atom. The Bertz CT molecular complexity index is 428. The predicted octanol–water partition coefficient (Wildman–Crippen LogP) is -0.941. The Kier molecular flexibility index (Phi) is 4.41. The molecule has 1 fully saturated rings. The van der Waals surface area contributed by atoms with Crippen LogP contribution in [0.5, 0.6) is 0 Å². The van der Waals surface area contributed by atoms with Crippen LogP contribution in [0, 0.1) is 0 Å². The Balaban J connectivity index is 2.17. The molecule has 2 heterocycles. The highest BCUT2D eigenvalue weighted by molar-refractivity contribution is 5.92. The first-order chi connectivity index (χ1) is 9.15. The molecule has 2 rings (SSSR count). The molecule has 0 radical (unpaired) electrons. The van der Waals surface area contributed by atoms with E-state index in [1.807, 2.05) is 0 Å². The number of amides is 1. The van der Waals surface area contributed by atoms with Crippen molar-refractivity contribution < 1.29 is 19.7 Å². The lowest BCUT2D eigenvalue weighted by molar-refractivity contribution is -0.125. The summed E-state index contributed by atoms with van der Waals surface area (Å²) in [5, 5.41) is 27.0. The van der Waals surface area contributed by atoms with Gasteiger partial charge in [0.1, 0.15) is 12.2 Å². The zero-order valence-electron chi connectivity index (χ0n) is 10.6. The average molecular weight is 267 g/mol. The maximum Gasteiger partial charge on any atom is 0.274 e. The molecule has 0 aliphatic carbocycles. The number of aliphatic hydroxyl groups excluding tert-OH is 2. The summed E-state index contributed by atoms with van der Waals surface area (Å²) in [7, 11) is 0. The molecule has 1 aromatic rings. The first-order valence-electron chi connectivity index (χ1n) is 6.17. The van der Waals surface area contributed by atoms with Crippen molar-refractivity contribution in [1.82, 2.24) is 15.1 Å². The average Bonchev–Trinajstić information content (AvgIpc) is 2.45. The molecule has 1 saturated heterocycles. The molecule has 2 N–H and O–H groups in total. The third-order valence-corrected chi connectivity index (χ3v) is 3.16. The van der Waals surface area contributed by atoms with Gasteiger partial charge in [0.05, 0.1) is 19.3 Å². The van der Waals surface area contributed by atoms with E-state index >= 15 is 0 Å². The summed E-state index contributed by atoms with van der Waals surface area (Å²) in [5.74, 6) is -0.336.